The predicted molar refractivity (Wildman–Crippen MR) is 126 cm³/mol. The number of hydrazine groups is 1. The van der Waals surface area contributed by atoms with Gasteiger partial charge in [0.1, 0.15) is 11.6 Å². The number of nitrogens with two attached hydrogens (primary N) is 1. The molecule has 1 aromatic heterocycles. The molecule has 174 valence electrons. The zero-order valence-corrected chi connectivity index (χ0v) is 19.5. The third kappa shape index (κ3) is 4.25. The van der Waals surface area contributed by atoms with E-state index in [2.05, 4.69) is 16.5 Å². The molecular formula is C26H27N5O3. The summed E-state index contributed by atoms with van der Waals surface area (Å²) in [5.41, 5.74) is 11.4. The van der Waals surface area contributed by atoms with E-state index >= 15 is 0 Å². The molecule has 2 heterocycles. The summed E-state index contributed by atoms with van der Waals surface area (Å²) in [7, 11) is 0. The summed E-state index contributed by atoms with van der Waals surface area (Å²) >= 11 is 0. The number of aromatic nitrogens is 1. The Morgan fingerprint density at radius 3 is 2.65 bits per heavy atom. The van der Waals surface area contributed by atoms with Crippen molar-refractivity contribution >= 4 is 11.7 Å². The number of allylic oxidation sites excluding steroid dienone is 3. The van der Waals surface area contributed by atoms with Crippen LogP contribution in [0, 0.1) is 16.7 Å². The van der Waals surface area contributed by atoms with Crippen molar-refractivity contribution in [3.05, 3.63) is 82.6 Å². The van der Waals surface area contributed by atoms with Crippen molar-refractivity contribution in [2.45, 2.75) is 39.5 Å². The molecule has 1 aliphatic carbocycles. The number of amides is 1. The highest BCUT2D eigenvalue weighted by Crippen LogP contribution is 2.48. The molecule has 0 saturated heterocycles. The second-order valence-electron chi connectivity index (χ2n) is 9.17. The molecule has 1 unspecified atom stereocenters. The summed E-state index contributed by atoms with van der Waals surface area (Å²) in [6.07, 6.45) is 3.86. The van der Waals surface area contributed by atoms with Crippen LogP contribution in [0.25, 0.3) is 0 Å². The maximum atomic E-state index is 13.5. The summed E-state index contributed by atoms with van der Waals surface area (Å²) < 4.78 is 5.54. The molecule has 0 spiro atoms. The van der Waals surface area contributed by atoms with Crippen LogP contribution in [0.4, 0.5) is 0 Å². The van der Waals surface area contributed by atoms with E-state index in [1.54, 1.807) is 18.3 Å². The Morgan fingerprint density at radius 1 is 1.29 bits per heavy atom. The number of nitriles is 1. The van der Waals surface area contributed by atoms with E-state index in [-0.39, 0.29) is 22.6 Å². The van der Waals surface area contributed by atoms with E-state index in [0.29, 0.717) is 42.0 Å². The second kappa shape index (κ2) is 9.02. The van der Waals surface area contributed by atoms with Gasteiger partial charge in [0.25, 0.3) is 5.91 Å². The molecule has 8 nitrogen and oxygen atoms in total. The summed E-state index contributed by atoms with van der Waals surface area (Å²) in [4.78, 5) is 30.4. The first-order chi connectivity index (χ1) is 16.3. The molecule has 0 fully saturated rings. The van der Waals surface area contributed by atoms with Crippen molar-refractivity contribution in [3.8, 4) is 11.8 Å². The van der Waals surface area contributed by atoms with Gasteiger partial charge in [-0.05, 0) is 48.6 Å². The fourth-order valence-electron chi connectivity index (χ4n) is 4.56. The van der Waals surface area contributed by atoms with Crippen LogP contribution in [0.5, 0.6) is 5.75 Å². The number of nitrogens with zero attached hydrogens (tertiary/aromatic N) is 3. The van der Waals surface area contributed by atoms with Crippen molar-refractivity contribution in [2.75, 3.05) is 6.61 Å². The van der Waals surface area contributed by atoms with Crippen LogP contribution >= 0.6 is 0 Å². The maximum absolute atomic E-state index is 13.5. The SMILES string of the molecule is CCOc1ccc(C2C(C#N)=C(N)N(NC(=O)c3cccnc3)C3=C2C(=O)CC(C)(C)C3)cc1. The molecule has 2 aliphatic rings. The van der Waals surface area contributed by atoms with Crippen LogP contribution in [0.1, 0.15) is 55.5 Å². The summed E-state index contributed by atoms with van der Waals surface area (Å²) in [6.45, 7) is 6.44. The van der Waals surface area contributed by atoms with Crippen LogP contribution in [0.2, 0.25) is 0 Å². The van der Waals surface area contributed by atoms with E-state index < -0.39 is 11.8 Å². The van der Waals surface area contributed by atoms with E-state index in [1.807, 2.05) is 45.0 Å². The molecule has 0 bridgehead atoms. The number of hydrogen-bond acceptors (Lipinski definition) is 7. The van der Waals surface area contributed by atoms with Gasteiger partial charge in [0.05, 0.1) is 35.4 Å². The lowest BCUT2D eigenvalue weighted by atomic mass is 9.69. The van der Waals surface area contributed by atoms with Crippen molar-refractivity contribution in [1.82, 2.24) is 15.4 Å². The lowest BCUT2D eigenvalue weighted by Gasteiger charge is -2.43. The van der Waals surface area contributed by atoms with Gasteiger partial charge < -0.3 is 10.5 Å². The monoisotopic (exact) mass is 457 g/mol. The van der Waals surface area contributed by atoms with Crippen LogP contribution < -0.4 is 15.9 Å². The van der Waals surface area contributed by atoms with Gasteiger partial charge in [0, 0.05) is 24.4 Å². The Morgan fingerprint density at radius 2 is 2.03 bits per heavy atom. The zero-order valence-electron chi connectivity index (χ0n) is 19.5. The van der Waals surface area contributed by atoms with Gasteiger partial charge in [-0.15, -0.1) is 0 Å². The number of carbonyl (C=O) groups is 2. The van der Waals surface area contributed by atoms with E-state index in [1.165, 1.54) is 11.2 Å². The van der Waals surface area contributed by atoms with Crippen molar-refractivity contribution in [1.29, 1.82) is 5.26 Å². The van der Waals surface area contributed by atoms with E-state index in [4.69, 9.17) is 10.5 Å². The number of Topliss-reactive ketones (excluding diaryl/α,β-unsaturated/α-hetero) is 1. The minimum atomic E-state index is -0.620. The Hall–Kier alpha value is -4.12. The molecule has 34 heavy (non-hydrogen) atoms. The molecule has 1 amide bonds. The standard InChI is InChI=1S/C26H27N5O3/c1-4-34-18-9-7-16(8-10-18)22-19(14-27)24(28)31(30-25(33)17-6-5-11-29-15-17)20-12-26(2,3)13-21(32)23(20)22/h5-11,15,22H,4,12-13,28H2,1-3H3,(H,30,33). The minimum Gasteiger partial charge on any atom is -0.494 e. The van der Waals surface area contributed by atoms with Crippen molar-refractivity contribution in [2.24, 2.45) is 11.1 Å². The number of hydrogen-bond donors (Lipinski definition) is 2. The lowest BCUT2D eigenvalue weighted by molar-refractivity contribution is -0.118. The highest BCUT2D eigenvalue weighted by molar-refractivity contribution is 6.00. The predicted octanol–water partition coefficient (Wildman–Crippen LogP) is 3.56. The smallest absolute Gasteiger partial charge is 0.271 e. The van der Waals surface area contributed by atoms with Gasteiger partial charge >= 0.3 is 0 Å². The van der Waals surface area contributed by atoms with Crippen LogP contribution in [-0.4, -0.2) is 28.3 Å². The van der Waals surface area contributed by atoms with E-state index in [0.717, 1.165) is 5.56 Å². The maximum Gasteiger partial charge on any atom is 0.271 e. The Balaban J connectivity index is 1.83. The third-order valence-electron chi connectivity index (χ3n) is 6.04. The number of benzene rings is 1. The average molecular weight is 458 g/mol. The minimum absolute atomic E-state index is 0.0639. The fourth-order valence-corrected chi connectivity index (χ4v) is 4.56. The number of ketones is 1. The van der Waals surface area contributed by atoms with Crippen LogP contribution in [0.3, 0.4) is 0 Å². The molecule has 1 aromatic carbocycles. The van der Waals surface area contributed by atoms with Gasteiger partial charge in [0.15, 0.2) is 5.78 Å². The quantitative estimate of drug-likeness (QED) is 0.704. The molecule has 1 aliphatic heterocycles. The summed E-state index contributed by atoms with van der Waals surface area (Å²) in [6, 6.07) is 12.8. The Kier molecular flexibility index (Phi) is 6.12. The number of nitrogens with one attached hydrogen (secondary N) is 1. The van der Waals surface area contributed by atoms with Gasteiger partial charge in [-0.25, -0.2) is 5.01 Å². The van der Waals surface area contributed by atoms with E-state index in [9.17, 15) is 14.9 Å². The number of rotatable bonds is 5. The highest BCUT2D eigenvalue weighted by atomic mass is 16.5. The Bertz CT molecular complexity index is 1220. The van der Waals surface area contributed by atoms with Gasteiger partial charge in [-0.2, -0.15) is 5.26 Å². The van der Waals surface area contributed by atoms with Crippen molar-refractivity contribution in [3.63, 3.8) is 0 Å². The van der Waals surface area contributed by atoms with Gasteiger partial charge in [-0.1, -0.05) is 26.0 Å². The first kappa shape index (κ1) is 23.1. The Labute approximate surface area is 198 Å². The number of carbonyl (C=O) groups excluding carboxylic acids is 2. The molecule has 0 saturated carbocycles. The zero-order chi connectivity index (χ0) is 24.5. The molecule has 4 rings (SSSR count). The molecule has 0 radical (unpaired) electrons. The molecule has 1 atom stereocenters. The summed E-state index contributed by atoms with van der Waals surface area (Å²) in [5.74, 6) is -0.316. The molecule has 8 heteroatoms. The van der Waals surface area contributed by atoms with Gasteiger partial charge in [0.2, 0.25) is 0 Å². The first-order valence-electron chi connectivity index (χ1n) is 11.2. The number of pyridine rings is 1. The normalized spacial score (nSPS) is 19.4. The van der Waals surface area contributed by atoms with Crippen LogP contribution in [-0.2, 0) is 4.79 Å². The molecular weight excluding hydrogens is 430 g/mol. The van der Waals surface area contributed by atoms with Crippen LogP contribution in [0.15, 0.2) is 71.5 Å². The fraction of sp³-hybridized carbons (Fsp3) is 0.308. The lowest BCUT2D eigenvalue weighted by Crippen LogP contribution is -2.49. The van der Waals surface area contributed by atoms with Crippen molar-refractivity contribution < 1.29 is 14.3 Å². The third-order valence-corrected chi connectivity index (χ3v) is 6.04. The van der Waals surface area contributed by atoms with Gasteiger partial charge in [-0.3, -0.25) is 20.0 Å². The highest BCUT2D eigenvalue weighted by Gasteiger charge is 2.44. The largest absolute Gasteiger partial charge is 0.494 e. The molecule has 3 N–H and O–H groups in total. The number of ether oxygens (including phenoxy) is 1. The first-order valence-corrected chi connectivity index (χ1v) is 11.2. The molecule has 2 aromatic rings. The topological polar surface area (TPSA) is 121 Å². The summed E-state index contributed by atoms with van der Waals surface area (Å²) in [5, 5.41) is 11.5. The average Bonchev–Trinajstić information content (AvgIpc) is 2.81. The second-order valence-corrected chi connectivity index (χ2v) is 9.17.